The number of nitrogens with one attached hydrogen (secondary N) is 1. The summed E-state index contributed by atoms with van der Waals surface area (Å²) in [5.74, 6) is -0.224. The molecule has 0 saturated carbocycles. The third-order valence-corrected chi connectivity index (χ3v) is 3.55. The number of carbonyl (C=O) groups excluding carboxylic acids is 1. The van der Waals surface area contributed by atoms with Gasteiger partial charge < -0.3 is 10.2 Å². The summed E-state index contributed by atoms with van der Waals surface area (Å²) in [5.41, 5.74) is 0.550. The molecule has 19 heavy (non-hydrogen) atoms. The summed E-state index contributed by atoms with van der Waals surface area (Å²) in [6.45, 7) is 7.40. The van der Waals surface area contributed by atoms with Gasteiger partial charge >= 0.3 is 0 Å². The van der Waals surface area contributed by atoms with Gasteiger partial charge in [-0.3, -0.25) is 4.79 Å². The van der Waals surface area contributed by atoms with E-state index in [1.165, 1.54) is 6.07 Å². The molecule has 0 spiro atoms. The molecule has 1 aromatic carbocycles. The van der Waals surface area contributed by atoms with Crippen LogP contribution >= 0.6 is 15.9 Å². The van der Waals surface area contributed by atoms with Crippen LogP contribution in [0.15, 0.2) is 22.7 Å². The van der Waals surface area contributed by atoms with Crippen molar-refractivity contribution in [1.29, 1.82) is 0 Å². The molecule has 0 heterocycles. The van der Waals surface area contributed by atoms with E-state index in [1.54, 1.807) is 24.0 Å². The Morgan fingerprint density at radius 2 is 2.05 bits per heavy atom. The standard InChI is InChI=1S/C14H20BrFN2O/c1-4-18(5-2)14(19)10(3)17-9-11-8-12(15)6-7-13(11)16/h6-8,10,17H,4-5,9H2,1-3H3. The van der Waals surface area contributed by atoms with Crippen molar-refractivity contribution < 1.29 is 9.18 Å². The van der Waals surface area contributed by atoms with Crippen LogP contribution in [0.1, 0.15) is 26.3 Å². The largest absolute Gasteiger partial charge is 0.342 e. The lowest BCUT2D eigenvalue weighted by molar-refractivity contribution is -0.132. The molecule has 0 aromatic heterocycles. The van der Waals surface area contributed by atoms with E-state index in [0.29, 0.717) is 25.2 Å². The average Bonchev–Trinajstić information content (AvgIpc) is 2.40. The van der Waals surface area contributed by atoms with Gasteiger partial charge in [0, 0.05) is 29.7 Å². The molecule has 1 unspecified atom stereocenters. The Morgan fingerprint density at radius 1 is 1.42 bits per heavy atom. The van der Waals surface area contributed by atoms with Gasteiger partial charge in [0.2, 0.25) is 5.91 Å². The summed E-state index contributed by atoms with van der Waals surface area (Å²) in [5, 5.41) is 3.06. The Kier molecular flexibility index (Phi) is 6.45. The summed E-state index contributed by atoms with van der Waals surface area (Å²) in [4.78, 5) is 13.8. The Labute approximate surface area is 122 Å². The van der Waals surface area contributed by atoms with Crippen molar-refractivity contribution in [1.82, 2.24) is 10.2 Å². The lowest BCUT2D eigenvalue weighted by Crippen LogP contribution is -2.44. The molecule has 1 N–H and O–H groups in total. The minimum atomic E-state index is -0.321. The second-order valence-corrected chi connectivity index (χ2v) is 5.26. The quantitative estimate of drug-likeness (QED) is 0.869. The first kappa shape index (κ1) is 16.1. The van der Waals surface area contributed by atoms with E-state index in [2.05, 4.69) is 21.2 Å². The fourth-order valence-corrected chi connectivity index (χ4v) is 2.25. The van der Waals surface area contributed by atoms with Gasteiger partial charge in [-0.2, -0.15) is 0 Å². The third-order valence-electron chi connectivity index (χ3n) is 3.05. The molecule has 1 amide bonds. The zero-order valence-corrected chi connectivity index (χ0v) is 13.1. The lowest BCUT2D eigenvalue weighted by atomic mass is 10.2. The predicted octanol–water partition coefficient (Wildman–Crippen LogP) is 2.93. The van der Waals surface area contributed by atoms with Crippen molar-refractivity contribution in [3.8, 4) is 0 Å². The number of amides is 1. The summed E-state index contributed by atoms with van der Waals surface area (Å²) in [7, 11) is 0. The van der Waals surface area contributed by atoms with Gasteiger partial charge in [0.05, 0.1) is 6.04 Å². The second-order valence-electron chi connectivity index (χ2n) is 4.35. The van der Waals surface area contributed by atoms with Crippen LogP contribution in [0.2, 0.25) is 0 Å². The van der Waals surface area contributed by atoms with Gasteiger partial charge in [0.15, 0.2) is 0 Å². The van der Waals surface area contributed by atoms with E-state index < -0.39 is 0 Å². The number of nitrogens with zero attached hydrogens (tertiary/aromatic N) is 1. The average molecular weight is 331 g/mol. The number of halogens is 2. The van der Waals surface area contributed by atoms with Crippen molar-refractivity contribution in [2.45, 2.75) is 33.4 Å². The fourth-order valence-electron chi connectivity index (χ4n) is 1.84. The zero-order chi connectivity index (χ0) is 14.4. The van der Waals surface area contributed by atoms with Gasteiger partial charge in [-0.05, 0) is 39.0 Å². The maximum absolute atomic E-state index is 13.6. The number of carbonyl (C=O) groups is 1. The van der Waals surface area contributed by atoms with Gasteiger partial charge in [-0.1, -0.05) is 15.9 Å². The first-order chi connectivity index (χ1) is 8.99. The van der Waals surface area contributed by atoms with E-state index in [9.17, 15) is 9.18 Å². The van der Waals surface area contributed by atoms with Gasteiger partial charge in [0.1, 0.15) is 5.82 Å². The molecule has 1 rings (SSSR count). The van der Waals surface area contributed by atoms with Crippen molar-refractivity contribution in [3.63, 3.8) is 0 Å². The number of hydrogen-bond donors (Lipinski definition) is 1. The first-order valence-corrected chi connectivity index (χ1v) is 7.25. The van der Waals surface area contributed by atoms with Crippen LogP contribution in [0, 0.1) is 5.82 Å². The topological polar surface area (TPSA) is 32.3 Å². The first-order valence-electron chi connectivity index (χ1n) is 6.45. The molecular weight excluding hydrogens is 311 g/mol. The number of likely N-dealkylation sites (N-methyl/N-ethyl adjacent to an activating group) is 1. The molecule has 5 heteroatoms. The van der Waals surface area contributed by atoms with Crippen LogP contribution in [0.4, 0.5) is 4.39 Å². The van der Waals surface area contributed by atoms with Crippen molar-refractivity contribution in [2.24, 2.45) is 0 Å². The highest BCUT2D eigenvalue weighted by Crippen LogP contribution is 2.15. The molecule has 0 aliphatic rings. The summed E-state index contributed by atoms with van der Waals surface area (Å²) in [6.07, 6.45) is 0. The van der Waals surface area contributed by atoms with Crippen molar-refractivity contribution >= 4 is 21.8 Å². The van der Waals surface area contributed by atoms with E-state index in [1.807, 2.05) is 13.8 Å². The van der Waals surface area contributed by atoms with E-state index in [0.717, 1.165) is 4.47 Å². The van der Waals surface area contributed by atoms with Crippen LogP contribution in [0.5, 0.6) is 0 Å². The highest BCUT2D eigenvalue weighted by atomic mass is 79.9. The summed E-state index contributed by atoms with van der Waals surface area (Å²) >= 11 is 3.31. The second kappa shape index (κ2) is 7.60. The highest BCUT2D eigenvalue weighted by molar-refractivity contribution is 9.10. The summed E-state index contributed by atoms with van der Waals surface area (Å²) < 4.78 is 14.4. The van der Waals surface area contributed by atoms with Gasteiger partial charge in [0.25, 0.3) is 0 Å². The Bertz CT molecular complexity index is 435. The SMILES string of the molecule is CCN(CC)C(=O)C(C)NCc1cc(Br)ccc1F. The maximum atomic E-state index is 13.6. The molecular formula is C14H20BrFN2O. The van der Waals surface area contributed by atoms with Crippen molar-refractivity contribution in [2.75, 3.05) is 13.1 Å². The fraction of sp³-hybridized carbons (Fsp3) is 0.500. The molecule has 0 saturated heterocycles. The lowest BCUT2D eigenvalue weighted by Gasteiger charge is -2.23. The Hall–Kier alpha value is -0.940. The number of rotatable bonds is 6. The van der Waals surface area contributed by atoms with Crippen LogP contribution in [0.3, 0.4) is 0 Å². The minimum Gasteiger partial charge on any atom is -0.342 e. The molecule has 1 atom stereocenters. The molecule has 106 valence electrons. The normalized spacial score (nSPS) is 12.3. The molecule has 0 bridgehead atoms. The molecule has 0 radical (unpaired) electrons. The van der Waals surface area contributed by atoms with Crippen LogP contribution in [-0.4, -0.2) is 29.9 Å². The van der Waals surface area contributed by atoms with Gasteiger partial charge in [-0.15, -0.1) is 0 Å². The predicted molar refractivity (Wildman–Crippen MR) is 78.3 cm³/mol. The maximum Gasteiger partial charge on any atom is 0.239 e. The van der Waals surface area contributed by atoms with Gasteiger partial charge in [-0.25, -0.2) is 4.39 Å². The van der Waals surface area contributed by atoms with Crippen molar-refractivity contribution in [3.05, 3.63) is 34.1 Å². The van der Waals surface area contributed by atoms with E-state index >= 15 is 0 Å². The van der Waals surface area contributed by atoms with Crippen LogP contribution < -0.4 is 5.32 Å². The van der Waals surface area contributed by atoms with Crippen LogP contribution in [0.25, 0.3) is 0 Å². The van der Waals surface area contributed by atoms with E-state index in [4.69, 9.17) is 0 Å². The Balaban J connectivity index is 2.61. The number of benzene rings is 1. The minimum absolute atomic E-state index is 0.0420. The highest BCUT2D eigenvalue weighted by Gasteiger charge is 2.17. The molecule has 1 aromatic rings. The van der Waals surface area contributed by atoms with E-state index in [-0.39, 0.29) is 17.8 Å². The number of hydrogen-bond acceptors (Lipinski definition) is 2. The molecule has 3 nitrogen and oxygen atoms in total. The Morgan fingerprint density at radius 3 is 2.63 bits per heavy atom. The zero-order valence-electron chi connectivity index (χ0n) is 11.5. The summed E-state index contributed by atoms with van der Waals surface area (Å²) in [6, 6.07) is 4.47. The van der Waals surface area contributed by atoms with Crippen LogP contribution in [-0.2, 0) is 11.3 Å². The molecule has 0 aliphatic heterocycles. The monoisotopic (exact) mass is 330 g/mol. The molecule has 0 aliphatic carbocycles. The molecule has 0 fully saturated rings. The smallest absolute Gasteiger partial charge is 0.239 e. The third kappa shape index (κ3) is 4.58.